The number of carboxylic acids is 1. The number of ether oxygens (including phenoxy) is 1. The largest absolute Gasteiger partial charge is 0.481 e. The lowest BCUT2D eigenvalue weighted by molar-refractivity contribution is -0.164. The molecule has 2 N–H and O–H groups in total. The van der Waals surface area contributed by atoms with E-state index in [0.717, 1.165) is 6.42 Å². The van der Waals surface area contributed by atoms with Crippen molar-refractivity contribution in [3.8, 4) is 0 Å². The molecule has 0 aliphatic heterocycles. The average Bonchev–Trinajstić information content (AvgIpc) is 2.29. The van der Waals surface area contributed by atoms with E-state index in [1.54, 1.807) is 20.8 Å². The number of rotatable bonds is 4. The summed E-state index contributed by atoms with van der Waals surface area (Å²) < 4.78 is 5.10. The second-order valence-corrected chi connectivity index (χ2v) is 7.16. The predicted octanol–water partition coefficient (Wildman–Crippen LogP) is 3.11. The molecule has 1 rings (SSSR count). The third-order valence-corrected chi connectivity index (χ3v) is 3.94. The molecule has 122 valence electrons. The molecule has 1 fully saturated rings. The van der Waals surface area contributed by atoms with Crippen LogP contribution in [0.5, 0.6) is 0 Å². The molecule has 3 unspecified atom stereocenters. The molecule has 0 aromatic carbocycles. The molecule has 0 spiro atoms. The van der Waals surface area contributed by atoms with Gasteiger partial charge in [0, 0.05) is 0 Å². The molecule has 1 aliphatic rings. The van der Waals surface area contributed by atoms with E-state index in [-0.39, 0.29) is 6.42 Å². The van der Waals surface area contributed by atoms with E-state index in [9.17, 15) is 9.59 Å². The van der Waals surface area contributed by atoms with Gasteiger partial charge in [-0.2, -0.15) is 5.48 Å². The molecular weight excluding hydrogens is 274 g/mol. The van der Waals surface area contributed by atoms with E-state index in [2.05, 4.69) is 19.3 Å². The molecule has 0 aromatic heterocycles. The van der Waals surface area contributed by atoms with Crippen molar-refractivity contribution in [2.75, 3.05) is 0 Å². The third-order valence-electron chi connectivity index (χ3n) is 3.94. The molecule has 0 radical (unpaired) electrons. The van der Waals surface area contributed by atoms with Crippen molar-refractivity contribution in [1.82, 2.24) is 5.48 Å². The lowest BCUT2D eigenvalue weighted by Crippen LogP contribution is -2.47. The van der Waals surface area contributed by atoms with Gasteiger partial charge in [0.2, 0.25) is 0 Å². The smallest absolute Gasteiger partial charge is 0.431 e. The van der Waals surface area contributed by atoms with Crippen molar-refractivity contribution < 1.29 is 24.3 Å². The van der Waals surface area contributed by atoms with Crippen molar-refractivity contribution >= 4 is 12.1 Å². The highest BCUT2D eigenvalue weighted by molar-refractivity contribution is 5.68. The summed E-state index contributed by atoms with van der Waals surface area (Å²) >= 11 is 0. The topological polar surface area (TPSA) is 84.9 Å². The molecule has 21 heavy (non-hydrogen) atoms. The van der Waals surface area contributed by atoms with Crippen molar-refractivity contribution in [3.63, 3.8) is 0 Å². The van der Waals surface area contributed by atoms with Gasteiger partial charge in [-0.1, -0.05) is 13.8 Å². The van der Waals surface area contributed by atoms with E-state index in [1.807, 2.05) is 0 Å². The highest BCUT2D eigenvalue weighted by atomic mass is 16.7. The molecule has 0 heterocycles. The summed E-state index contributed by atoms with van der Waals surface area (Å²) in [5.41, 5.74) is 0.790. The summed E-state index contributed by atoms with van der Waals surface area (Å²) in [5.74, 6) is -0.0571. The molecule has 0 aromatic rings. The lowest BCUT2D eigenvalue weighted by Gasteiger charge is -2.41. The Bertz CT molecular complexity index is 390. The molecule has 1 amide bonds. The van der Waals surface area contributed by atoms with Crippen molar-refractivity contribution in [2.24, 2.45) is 11.8 Å². The first-order valence-corrected chi connectivity index (χ1v) is 7.42. The number of hydroxylamine groups is 1. The van der Waals surface area contributed by atoms with E-state index >= 15 is 0 Å². The highest BCUT2D eigenvalue weighted by Crippen LogP contribution is 2.40. The third kappa shape index (κ3) is 5.91. The zero-order chi connectivity index (χ0) is 16.3. The number of nitrogens with one attached hydrogen (secondary N) is 1. The second-order valence-electron chi connectivity index (χ2n) is 7.16. The van der Waals surface area contributed by atoms with Crippen LogP contribution in [0.4, 0.5) is 4.79 Å². The molecule has 0 bridgehead atoms. The zero-order valence-corrected chi connectivity index (χ0v) is 13.6. The van der Waals surface area contributed by atoms with Gasteiger partial charge in [-0.25, -0.2) is 4.79 Å². The SMILES string of the molecule is CC1CCC(CC(=O)O)(ONC(=O)OC(C)(C)C)CC1C. The molecule has 0 saturated heterocycles. The molecule has 1 aliphatic carbocycles. The average molecular weight is 301 g/mol. The summed E-state index contributed by atoms with van der Waals surface area (Å²) in [7, 11) is 0. The van der Waals surface area contributed by atoms with Gasteiger partial charge < -0.3 is 9.84 Å². The number of aliphatic carboxylic acids is 1. The highest BCUT2D eigenvalue weighted by Gasteiger charge is 2.42. The number of carbonyl (C=O) groups is 2. The Morgan fingerprint density at radius 1 is 1.29 bits per heavy atom. The molecular formula is C15H27NO5. The lowest BCUT2D eigenvalue weighted by atomic mass is 9.72. The summed E-state index contributed by atoms with van der Waals surface area (Å²) in [6.07, 6.45) is 1.28. The Balaban J connectivity index is 2.67. The molecule has 1 saturated carbocycles. The van der Waals surface area contributed by atoms with Crippen molar-refractivity contribution in [2.45, 2.75) is 71.5 Å². The monoisotopic (exact) mass is 301 g/mol. The zero-order valence-electron chi connectivity index (χ0n) is 13.6. The molecule has 6 heteroatoms. The minimum absolute atomic E-state index is 0.125. The predicted molar refractivity (Wildman–Crippen MR) is 77.6 cm³/mol. The first-order valence-electron chi connectivity index (χ1n) is 7.42. The maximum atomic E-state index is 11.7. The number of carboxylic acid groups (broad SMARTS) is 1. The Kier molecular flexibility index (Phi) is 5.61. The van der Waals surface area contributed by atoms with Crippen molar-refractivity contribution in [3.05, 3.63) is 0 Å². The van der Waals surface area contributed by atoms with Gasteiger partial charge in [-0.05, 0) is 51.9 Å². The number of amides is 1. The summed E-state index contributed by atoms with van der Waals surface area (Å²) in [5, 5.41) is 9.11. The number of hydrogen-bond acceptors (Lipinski definition) is 4. The van der Waals surface area contributed by atoms with E-state index in [1.165, 1.54) is 0 Å². The Labute approximate surface area is 126 Å². The maximum Gasteiger partial charge on any atom is 0.431 e. The van der Waals surface area contributed by atoms with Gasteiger partial charge in [0.25, 0.3) is 0 Å². The Hall–Kier alpha value is -1.30. The summed E-state index contributed by atoms with van der Waals surface area (Å²) in [6, 6.07) is 0. The van der Waals surface area contributed by atoms with Gasteiger partial charge in [-0.15, -0.1) is 0 Å². The van der Waals surface area contributed by atoms with Crippen LogP contribution in [-0.4, -0.2) is 28.4 Å². The van der Waals surface area contributed by atoms with Gasteiger partial charge in [0.1, 0.15) is 11.2 Å². The van der Waals surface area contributed by atoms with Crippen LogP contribution in [0.2, 0.25) is 0 Å². The van der Waals surface area contributed by atoms with Crippen LogP contribution in [0.15, 0.2) is 0 Å². The fourth-order valence-corrected chi connectivity index (χ4v) is 2.68. The fraction of sp³-hybridized carbons (Fsp3) is 0.867. The van der Waals surface area contributed by atoms with E-state index in [4.69, 9.17) is 14.7 Å². The van der Waals surface area contributed by atoms with Crippen LogP contribution in [0.1, 0.15) is 60.3 Å². The summed E-state index contributed by atoms with van der Waals surface area (Å²) in [4.78, 5) is 28.3. The van der Waals surface area contributed by atoms with Crippen LogP contribution >= 0.6 is 0 Å². The quantitative estimate of drug-likeness (QED) is 0.779. The van der Waals surface area contributed by atoms with Crippen LogP contribution in [0, 0.1) is 11.8 Å². The standard InChI is InChI=1S/C15H27NO5/c1-10-6-7-15(8-11(10)2,9-12(17)18)21-16-13(19)20-14(3,4)5/h10-11H,6-9H2,1-5H3,(H,16,19)(H,17,18). The van der Waals surface area contributed by atoms with Gasteiger partial charge in [0.15, 0.2) is 0 Å². The Morgan fingerprint density at radius 3 is 2.38 bits per heavy atom. The normalized spacial score (nSPS) is 29.8. The van der Waals surface area contributed by atoms with Crippen LogP contribution in [0.3, 0.4) is 0 Å². The first-order chi connectivity index (χ1) is 9.53. The van der Waals surface area contributed by atoms with Gasteiger partial charge in [0.05, 0.1) is 6.42 Å². The first kappa shape index (κ1) is 17.8. The minimum Gasteiger partial charge on any atom is -0.481 e. The summed E-state index contributed by atoms with van der Waals surface area (Å²) in [6.45, 7) is 9.49. The number of carbonyl (C=O) groups excluding carboxylic acids is 1. The number of hydrogen-bond donors (Lipinski definition) is 2. The molecule has 3 atom stereocenters. The van der Waals surface area contributed by atoms with Gasteiger partial charge >= 0.3 is 12.1 Å². The maximum absolute atomic E-state index is 11.7. The van der Waals surface area contributed by atoms with Crippen LogP contribution < -0.4 is 5.48 Å². The van der Waals surface area contributed by atoms with Crippen molar-refractivity contribution in [1.29, 1.82) is 0 Å². The van der Waals surface area contributed by atoms with E-state index in [0.29, 0.717) is 24.7 Å². The van der Waals surface area contributed by atoms with E-state index < -0.39 is 23.3 Å². The minimum atomic E-state index is -0.928. The second kappa shape index (κ2) is 6.64. The molecule has 6 nitrogen and oxygen atoms in total. The fourth-order valence-electron chi connectivity index (χ4n) is 2.68. The van der Waals surface area contributed by atoms with Crippen LogP contribution in [-0.2, 0) is 14.4 Å². The Morgan fingerprint density at radius 2 is 1.90 bits per heavy atom. The van der Waals surface area contributed by atoms with Gasteiger partial charge in [-0.3, -0.25) is 9.63 Å². The van der Waals surface area contributed by atoms with Crippen LogP contribution in [0.25, 0.3) is 0 Å².